The molecule has 5 nitrogen and oxygen atoms in total. The lowest BCUT2D eigenvalue weighted by Gasteiger charge is -2.11. The number of nitrogens with zero attached hydrogens (tertiary/aromatic N) is 2. The van der Waals surface area contributed by atoms with Crippen LogP contribution < -0.4 is 5.73 Å². The summed E-state index contributed by atoms with van der Waals surface area (Å²) in [5, 5.41) is 8.93. The van der Waals surface area contributed by atoms with Crippen LogP contribution in [0, 0.1) is 0 Å². The molecule has 1 unspecified atom stereocenters. The van der Waals surface area contributed by atoms with Crippen molar-refractivity contribution < 1.29 is 9.90 Å². The highest BCUT2D eigenvalue weighted by molar-refractivity contribution is 5.91. The molecule has 3 N–H and O–H groups in total. The summed E-state index contributed by atoms with van der Waals surface area (Å²) in [6.45, 7) is 1.95. The maximum absolute atomic E-state index is 10.9. The summed E-state index contributed by atoms with van der Waals surface area (Å²) < 4.78 is 0. The minimum atomic E-state index is -1.06. The Hall–Kier alpha value is -1.62. The summed E-state index contributed by atoms with van der Waals surface area (Å²) in [6.07, 6.45) is 1.02. The van der Waals surface area contributed by atoms with Crippen LogP contribution >= 0.6 is 0 Å². The van der Waals surface area contributed by atoms with Gasteiger partial charge >= 0.3 is 5.97 Å². The van der Waals surface area contributed by atoms with Crippen LogP contribution in [-0.4, -0.2) is 41.1 Å². The smallest absolute Gasteiger partial charge is 0.356 e. The van der Waals surface area contributed by atoms with Gasteiger partial charge in [0.15, 0.2) is 5.69 Å². The molecule has 0 amide bonds. The largest absolute Gasteiger partial charge is 0.476 e. The van der Waals surface area contributed by atoms with Crippen LogP contribution in [0.2, 0.25) is 0 Å². The number of pyridine rings is 1. The van der Waals surface area contributed by atoms with Crippen LogP contribution in [0.25, 0.3) is 0 Å². The van der Waals surface area contributed by atoms with E-state index in [1.807, 2.05) is 6.07 Å². The summed E-state index contributed by atoms with van der Waals surface area (Å²) in [7, 11) is 2.05. The number of anilines is 1. The van der Waals surface area contributed by atoms with Gasteiger partial charge in [-0.3, -0.25) is 0 Å². The zero-order valence-electron chi connectivity index (χ0n) is 9.18. The fourth-order valence-electron chi connectivity index (χ4n) is 2.06. The summed E-state index contributed by atoms with van der Waals surface area (Å²) in [5.41, 5.74) is 6.58. The van der Waals surface area contributed by atoms with Gasteiger partial charge in [-0.05, 0) is 32.1 Å². The monoisotopic (exact) mass is 221 g/mol. The number of nitrogens with two attached hydrogens (primary N) is 1. The van der Waals surface area contributed by atoms with Crippen molar-refractivity contribution in [1.29, 1.82) is 0 Å². The van der Waals surface area contributed by atoms with Crippen molar-refractivity contribution in [3.8, 4) is 0 Å². The average Bonchev–Trinajstić information content (AvgIpc) is 2.65. The number of likely N-dealkylation sites (tertiary alicyclic amines) is 1. The van der Waals surface area contributed by atoms with Crippen LogP contribution in [-0.2, 0) is 0 Å². The Balaban J connectivity index is 2.29. The molecule has 1 aromatic rings. The fourth-order valence-corrected chi connectivity index (χ4v) is 2.06. The number of likely N-dealkylation sites (N-methyl/N-ethyl adjacent to an activating group) is 1. The SMILES string of the molecule is CN1CCC(c2ccc(N)c(C(=O)O)n2)C1. The van der Waals surface area contributed by atoms with Crippen molar-refractivity contribution in [2.24, 2.45) is 0 Å². The Bertz CT molecular complexity index is 420. The Labute approximate surface area is 93.9 Å². The second kappa shape index (κ2) is 4.09. The Morgan fingerprint density at radius 2 is 2.38 bits per heavy atom. The minimum absolute atomic E-state index is 0.0351. The fraction of sp³-hybridized carbons (Fsp3) is 0.455. The van der Waals surface area contributed by atoms with Crippen molar-refractivity contribution in [3.05, 3.63) is 23.5 Å². The third-order valence-electron chi connectivity index (χ3n) is 2.96. The molecule has 0 spiro atoms. The van der Waals surface area contributed by atoms with E-state index in [9.17, 15) is 4.79 Å². The average molecular weight is 221 g/mol. The number of aromatic nitrogens is 1. The lowest BCUT2D eigenvalue weighted by molar-refractivity contribution is 0.0691. The zero-order chi connectivity index (χ0) is 11.7. The highest BCUT2D eigenvalue weighted by Crippen LogP contribution is 2.26. The molecule has 86 valence electrons. The molecule has 1 aliphatic rings. The van der Waals surface area contributed by atoms with E-state index >= 15 is 0 Å². The molecule has 1 aromatic heterocycles. The Morgan fingerprint density at radius 3 is 2.94 bits per heavy atom. The Kier molecular flexibility index (Phi) is 2.78. The molecule has 0 saturated carbocycles. The quantitative estimate of drug-likeness (QED) is 0.771. The van der Waals surface area contributed by atoms with Gasteiger partial charge in [0, 0.05) is 18.2 Å². The van der Waals surface area contributed by atoms with Gasteiger partial charge in [-0.15, -0.1) is 0 Å². The van der Waals surface area contributed by atoms with E-state index in [2.05, 4.69) is 16.9 Å². The van der Waals surface area contributed by atoms with Gasteiger partial charge in [-0.25, -0.2) is 9.78 Å². The number of nitrogen functional groups attached to an aromatic ring is 1. The van der Waals surface area contributed by atoms with Gasteiger partial charge in [0.2, 0.25) is 0 Å². The molecule has 5 heteroatoms. The van der Waals surface area contributed by atoms with Crippen molar-refractivity contribution in [1.82, 2.24) is 9.88 Å². The van der Waals surface area contributed by atoms with Crippen LogP contribution in [0.15, 0.2) is 12.1 Å². The van der Waals surface area contributed by atoms with Crippen molar-refractivity contribution in [3.63, 3.8) is 0 Å². The molecule has 1 aliphatic heterocycles. The van der Waals surface area contributed by atoms with Crippen LogP contribution in [0.1, 0.15) is 28.5 Å². The first-order valence-electron chi connectivity index (χ1n) is 5.26. The van der Waals surface area contributed by atoms with E-state index in [0.717, 1.165) is 25.2 Å². The van der Waals surface area contributed by atoms with Gasteiger partial charge in [0.25, 0.3) is 0 Å². The predicted octanol–water partition coefficient (Wildman–Crippen LogP) is 0.781. The maximum atomic E-state index is 10.9. The summed E-state index contributed by atoms with van der Waals surface area (Å²) >= 11 is 0. The molecular formula is C11H15N3O2. The Morgan fingerprint density at radius 1 is 1.62 bits per heavy atom. The maximum Gasteiger partial charge on any atom is 0.356 e. The molecule has 0 bridgehead atoms. The molecule has 1 atom stereocenters. The van der Waals surface area contributed by atoms with Gasteiger partial charge in [-0.1, -0.05) is 0 Å². The van der Waals surface area contributed by atoms with E-state index in [1.54, 1.807) is 6.07 Å². The standard InChI is InChI=1S/C11H15N3O2/c1-14-5-4-7(6-14)9-3-2-8(12)10(13-9)11(15)16/h2-3,7H,4-6,12H2,1H3,(H,15,16). The van der Waals surface area contributed by atoms with E-state index < -0.39 is 5.97 Å². The molecule has 2 heterocycles. The minimum Gasteiger partial charge on any atom is -0.476 e. The van der Waals surface area contributed by atoms with Crippen molar-refractivity contribution in [2.75, 3.05) is 25.9 Å². The van der Waals surface area contributed by atoms with Crippen molar-refractivity contribution >= 4 is 11.7 Å². The number of carbonyl (C=O) groups is 1. The number of aromatic carboxylic acids is 1. The number of hydrogen-bond acceptors (Lipinski definition) is 4. The molecule has 0 radical (unpaired) electrons. The normalized spacial score (nSPS) is 21.2. The first-order valence-corrected chi connectivity index (χ1v) is 5.26. The van der Waals surface area contributed by atoms with Gasteiger partial charge < -0.3 is 15.7 Å². The first kappa shape index (κ1) is 10.9. The van der Waals surface area contributed by atoms with Crippen molar-refractivity contribution in [2.45, 2.75) is 12.3 Å². The second-order valence-electron chi connectivity index (χ2n) is 4.23. The van der Waals surface area contributed by atoms with Gasteiger partial charge in [0.05, 0.1) is 5.69 Å². The van der Waals surface area contributed by atoms with E-state index in [0.29, 0.717) is 5.92 Å². The third kappa shape index (κ3) is 1.99. The summed E-state index contributed by atoms with van der Waals surface area (Å²) in [4.78, 5) is 17.2. The topological polar surface area (TPSA) is 79.5 Å². The first-order chi connectivity index (χ1) is 7.58. The highest BCUT2D eigenvalue weighted by Gasteiger charge is 2.23. The summed E-state index contributed by atoms with van der Waals surface area (Å²) in [5.74, 6) is -0.741. The number of carboxylic acid groups (broad SMARTS) is 1. The number of rotatable bonds is 2. The van der Waals surface area contributed by atoms with Crippen LogP contribution in [0.5, 0.6) is 0 Å². The molecule has 16 heavy (non-hydrogen) atoms. The number of hydrogen-bond donors (Lipinski definition) is 2. The van der Waals surface area contributed by atoms with E-state index in [-0.39, 0.29) is 11.4 Å². The van der Waals surface area contributed by atoms with E-state index in [1.165, 1.54) is 0 Å². The lowest BCUT2D eigenvalue weighted by atomic mass is 10.0. The summed E-state index contributed by atoms with van der Waals surface area (Å²) in [6, 6.07) is 3.45. The second-order valence-corrected chi connectivity index (χ2v) is 4.23. The van der Waals surface area contributed by atoms with E-state index in [4.69, 9.17) is 10.8 Å². The zero-order valence-corrected chi connectivity index (χ0v) is 9.18. The van der Waals surface area contributed by atoms with Crippen LogP contribution in [0.4, 0.5) is 5.69 Å². The molecule has 1 saturated heterocycles. The third-order valence-corrected chi connectivity index (χ3v) is 2.96. The van der Waals surface area contributed by atoms with Gasteiger partial charge in [0.1, 0.15) is 0 Å². The lowest BCUT2D eigenvalue weighted by Crippen LogP contribution is -2.15. The van der Waals surface area contributed by atoms with Crippen LogP contribution in [0.3, 0.4) is 0 Å². The van der Waals surface area contributed by atoms with Gasteiger partial charge in [-0.2, -0.15) is 0 Å². The number of carboxylic acids is 1. The molecule has 0 aromatic carbocycles. The molecule has 2 rings (SSSR count). The highest BCUT2D eigenvalue weighted by atomic mass is 16.4. The molecule has 1 fully saturated rings. The molecular weight excluding hydrogens is 206 g/mol. The predicted molar refractivity (Wildman–Crippen MR) is 60.5 cm³/mol. The molecule has 0 aliphatic carbocycles.